The van der Waals surface area contributed by atoms with Gasteiger partial charge in [0, 0.05) is 28.5 Å². The van der Waals surface area contributed by atoms with Gasteiger partial charge in [0.1, 0.15) is 5.56 Å². The van der Waals surface area contributed by atoms with Crippen LogP contribution in [0.25, 0.3) is 11.0 Å². The molecule has 1 aromatic carbocycles. The first-order chi connectivity index (χ1) is 12.0. The number of nitrogens with one attached hydrogen (secondary N) is 1. The minimum Gasteiger partial charge on any atom is -0.465 e. The predicted molar refractivity (Wildman–Crippen MR) is 93.9 cm³/mol. The van der Waals surface area contributed by atoms with Crippen molar-refractivity contribution in [1.29, 1.82) is 0 Å². The topological polar surface area (TPSA) is 107 Å². The maximum atomic E-state index is 12.1. The van der Waals surface area contributed by atoms with Crippen LogP contribution in [-0.2, 0) is 4.74 Å². The molecule has 0 radical (unpaired) electrons. The predicted octanol–water partition coefficient (Wildman–Crippen LogP) is 2.57. The van der Waals surface area contributed by atoms with Crippen molar-refractivity contribution in [1.82, 2.24) is 9.97 Å². The zero-order valence-electron chi connectivity index (χ0n) is 13.7. The molecule has 7 nitrogen and oxygen atoms in total. The van der Waals surface area contributed by atoms with Crippen LogP contribution in [0.2, 0.25) is 0 Å². The summed E-state index contributed by atoms with van der Waals surface area (Å²) in [6.07, 6.45) is 1.43. The Kier molecular flexibility index (Phi) is 4.30. The maximum Gasteiger partial charge on any atom is 0.341 e. The van der Waals surface area contributed by atoms with Gasteiger partial charge in [-0.3, -0.25) is 4.79 Å². The second-order valence-corrected chi connectivity index (χ2v) is 5.43. The van der Waals surface area contributed by atoms with E-state index in [0.717, 1.165) is 5.69 Å². The second kappa shape index (κ2) is 6.56. The van der Waals surface area contributed by atoms with Gasteiger partial charge in [-0.2, -0.15) is 0 Å². The van der Waals surface area contributed by atoms with Gasteiger partial charge in [-0.25, -0.2) is 14.8 Å². The number of pyridine rings is 2. The van der Waals surface area contributed by atoms with Crippen molar-refractivity contribution in [2.45, 2.75) is 6.92 Å². The van der Waals surface area contributed by atoms with Crippen molar-refractivity contribution >= 4 is 34.3 Å². The molecule has 3 N–H and O–H groups in total. The van der Waals surface area contributed by atoms with Crippen LogP contribution < -0.4 is 11.1 Å². The van der Waals surface area contributed by atoms with E-state index in [-0.39, 0.29) is 0 Å². The third kappa shape index (κ3) is 3.25. The van der Waals surface area contributed by atoms with Gasteiger partial charge in [-0.05, 0) is 43.3 Å². The molecule has 0 aliphatic heterocycles. The van der Waals surface area contributed by atoms with Crippen molar-refractivity contribution in [2.24, 2.45) is 5.73 Å². The van der Waals surface area contributed by atoms with E-state index in [1.807, 2.05) is 19.1 Å². The number of carbonyl (C=O) groups excluding carboxylic acids is 2. The van der Waals surface area contributed by atoms with Crippen LogP contribution in [0, 0.1) is 6.92 Å². The summed E-state index contributed by atoms with van der Waals surface area (Å²) < 4.78 is 4.84. The normalized spacial score (nSPS) is 10.5. The standard InChI is InChI=1S/C18H16N4O3/c1-10-3-8-13-15(14(18(24)25-2)9-20-17(13)21-10)22-12-6-4-11(5-7-12)16(19)23/h3-9H,1-2H3,(H2,19,23)(H,20,21,22). The molecule has 7 heteroatoms. The minimum atomic E-state index is -0.508. The number of primary amides is 1. The number of hydrogen-bond acceptors (Lipinski definition) is 6. The molecule has 1 amide bonds. The summed E-state index contributed by atoms with van der Waals surface area (Å²) >= 11 is 0. The van der Waals surface area contributed by atoms with Crippen molar-refractivity contribution in [3.8, 4) is 0 Å². The molecule has 126 valence electrons. The molecule has 0 bridgehead atoms. The van der Waals surface area contributed by atoms with Crippen LogP contribution in [-0.4, -0.2) is 29.0 Å². The number of carbonyl (C=O) groups is 2. The zero-order valence-corrected chi connectivity index (χ0v) is 13.7. The number of amides is 1. The number of anilines is 2. The third-order valence-corrected chi connectivity index (χ3v) is 3.71. The number of esters is 1. The van der Waals surface area contributed by atoms with Gasteiger partial charge in [0.15, 0.2) is 5.65 Å². The number of fused-ring (bicyclic) bond motifs is 1. The van der Waals surface area contributed by atoms with E-state index in [1.54, 1.807) is 24.3 Å². The maximum absolute atomic E-state index is 12.1. The molecule has 0 saturated heterocycles. The van der Waals surface area contributed by atoms with E-state index >= 15 is 0 Å². The SMILES string of the molecule is COC(=O)c1cnc2nc(C)ccc2c1Nc1ccc(C(N)=O)cc1. The van der Waals surface area contributed by atoms with E-state index in [9.17, 15) is 9.59 Å². The van der Waals surface area contributed by atoms with Crippen LogP contribution in [0.1, 0.15) is 26.4 Å². The lowest BCUT2D eigenvalue weighted by Crippen LogP contribution is -2.11. The Bertz CT molecular complexity index is 968. The summed E-state index contributed by atoms with van der Waals surface area (Å²) in [6, 6.07) is 10.3. The summed E-state index contributed by atoms with van der Waals surface area (Å²) in [5, 5.41) is 3.87. The first-order valence-corrected chi connectivity index (χ1v) is 7.51. The van der Waals surface area contributed by atoms with Crippen LogP contribution in [0.15, 0.2) is 42.6 Å². The highest BCUT2D eigenvalue weighted by atomic mass is 16.5. The molecular formula is C18H16N4O3. The van der Waals surface area contributed by atoms with Crippen LogP contribution in [0.4, 0.5) is 11.4 Å². The lowest BCUT2D eigenvalue weighted by molar-refractivity contribution is 0.0601. The van der Waals surface area contributed by atoms with Gasteiger partial charge in [-0.1, -0.05) is 0 Å². The number of rotatable bonds is 4. The van der Waals surface area contributed by atoms with E-state index in [1.165, 1.54) is 13.3 Å². The fraction of sp³-hybridized carbons (Fsp3) is 0.111. The molecule has 0 unspecified atom stereocenters. The summed E-state index contributed by atoms with van der Waals surface area (Å²) in [5.74, 6) is -1.01. The zero-order chi connectivity index (χ0) is 18.0. The number of aryl methyl sites for hydroxylation is 1. The first kappa shape index (κ1) is 16.4. The molecular weight excluding hydrogens is 320 g/mol. The van der Waals surface area contributed by atoms with Crippen LogP contribution >= 0.6 is 0 Å². The fourth-order valence-electron chi connectivity index (χ4n) is 2.43. The molecule has 0 atom stereocenters. The Balaban J connectivity index is 2.11. The molecule has 0 aliphatic carbocycles. The summed E-state index contributed by atoms with van der Waals surface area (Å²) in [4.78, 5) is 31.9. The summed E-state index contributed by atoms with van der Waals surface area (Å²) in [7, 11) is 1.31. The molecule has 2 aromatic heterocycles. The van der Waals surface area contributed by atoms with Crippen molar-refractivity contribution in [3.63, 3.8) is 0 Å². The lowest BCUT2D eigenvalue weighted by atomic mass is 10.1. The van der Waals surface area contributed by atoms with E-state index in [2.05, 4.69) is 15.3 Å². The van der Waals surface area contributed by atoms with Gasteiger partial charge in [0.2, 0.25) is 5.91 Å². The van der Waals surface area contributed by atoms with Gasteiger partial charge in [0.25, 0.3) is 0 Å². The number of nitrogens with two attached hydrogens (primary N) is 1. The highest BCUT2D eigenvalue weighted by Crippen LogP contribution is 2.29. The molecule has 3 rings (SSSR count). The second-order valence-electron chi connectivity index (χ2n) is 5.43. The summed E-state index contributed by atoms with van der Waals surface area (Å²) in [6.45, 7) is 1.87. The summed E-state index contributed by atoms with van der Waals surface area (Å²) in [5.41, 5.74) is 8.50. The van der Waals surface area contributed by atoms with Gasteiger partial charge >= 0.3 is 5.97 Å². The smallest absolute Gasteiger partial charge is 0.341 e. The average molecular weight is 336 g/mol. The molecule has 0 spiro atoms. The number of methoxy groups -OCH3 is 1. The number of hydrogen-bond donors (Lipinski definition) is 2. The Morgan fingerprint density at radius 2 is 1.84 bits per heavy atom. The Morgan fingerprint density at radius 3 is 2.48 bits per heavy atom. The van der Waals surface area contributed by atoms with Gasteiger partial charge in [-0.15, -0.1) is 0 Å². The molecule has 0 aliphatic rings. The lowest BCUT2D eigenvalue weighted by Gasteiger charge is -2.13. The van der Waals surface area contributed by atoms with Crippen LogP contribution in [0.5, 0.6) is 0 Å². The quantitative estimate of drug-likeness (QED) is 0.709. The average Bonchev–Trinajstić information content (AvgIpc) is 2.61. The highest BCUT2D eigenvalue weighted by molar-refractivity contribution is 6.05. The monoisotopic (exact) mass is 336 g/mol. The van der Waals surface area contributed by atoms with Crippen molar-refractivity contribution in [2.75, 3.05) is 12.4 Å². The van der Waals surface area contributed by atoms with E-state index in [0.29, 0.717) is 33.5 Å². The molecule has 2 heterocycles. The van der Waals surface area contributed by atoms with Crippen molar-refractivity contribution in [3.05, 3.63) is 59.4 Å². The molecule has 3 aromatic rings. The number of nitrogens with zero attached hydrogens (tertiary/aromatic N) is 2. The number of aromatic nitrogens is 2. The van der Waals surface area contributed by atoms with Crippen molar-refractivity contribution < 1.29 is 14.3 Å². The molecule has 25 heavy (non-hydrogen) atoms. The fourth-order valence-corrected chi connectivity index (χ4v) is 2.43. The van der Waals surface area contributed by atoms with E-state index < -0.39 is 11.9 Å². The molecule has 0 saturated carbocycles. The van der Waals surface area contributed by atoms with Gasteiger partial charge in [0.05, 0.1) is 12.8 Å². The van der Waals surface area contributed by atoms with Crippen LogP contribution in [0.3, 0.4) is 0 Å². The number of ether oxygens (including phenoxy) is 1. The van der Waals surface area contributed by atoms with Gasteiger partial charge < -0.3 is 15.8 Å². The highest BCUT2D eigenvalue weighted by Gasteiger charge is 2.17. The Hall–Kier alpha value is -3.48. The molecule has 0 fully saturated rings. The Morgan fingerprint density at radius 1 is 1.12 bits per heavy atom. The largest absolute Gasteiger partial charge is 0.465 e. The minimum absolute atomic E-state index is 0.291. The third-order valence-electron chi connectivity index (χ3n) is 3.71. The van der Waals surface area contributed by atoms with E-state index in [4.69, 9.17) is 10.5 Å². The number of benzene rings is 1. The Labute approximate surface area is 143 Å². The first-order valence-electron chi connectivity index (χ1n) is 7.51.